The monoisotopic (exact) mass is 388 g/mol. The van der Waals surface area contributed by atoms with Crippen molar-refractivity contribution in [2.45, 2.75) is 13.8 Å². The summed E-state index contributed by atoms with van der Waals surface area (Å²) >= 11 is 0. The van der Waals surface area contributed by atoms with E-state index in [2.05, 4.69) is 51.1 Å². The Morgan fingerprint density at radius 1 is 0.931 bits per heavy atom. The van der Waals surface area contributed by atoms with Gasteiger partial charge in [-0.25, -0.2) is 15.0 Å². The van der Waals surface area contributed by atoms with Gasteiger partial charge in [0.15, 0.2) is 0 Å². The summed E-state index contributed by atoms with van der Waals surface area (Å²) in [5, 5.41) is 3.26. The first-order chi connectivity index (χ1) is 14.1. The average molecular weight is 388 g/mol. The lowest BCUT2D eigenvalue weighted by molar-refractivity contribution is 0.0740. The van der Waals surface area contributed by atoms with Gasteiger partial charge < -0.3 is 15.1 Å². The van der Waals surface area contributed by atoms with Gasteiger partial charge in [0.2, 0.25) is 0 Å². The maximum absolute atomic E-state index is 12.9. The van der Waals surface area contributed by atoms with E-state index in [1.165, 1.54) is 17.5 Å². The fourth-order valence-corrected chi connectivity index (χ4v) is 3.35. The molecule has 7 heteroatoms. The number of anilines is 3. The Bertz CT molecular complexity index is 999. The normalized spacial score (nSPS) is 14.0. The maximum atomic E-state index is 12.9. The number of rotatable bonds is 4. The number of aromatic nitrogens is 3. The first-order valence-electron chi connectivity index (χ1n) is 9.72. The third-order valence-corrected chi connectivity index (χ3v) is 5.21. The van der Waals surface area contributed by atoms with E-state index in [0.717, 1.165) is 24.6 Å². The van der Waals surface area contributed by atoms with Crippen LogP contribution in [0.4, 0.5) is 17.3 Å². The van der Waals surface area contributed by atoms with Crippen LogP contribution < -0.4 is 10.2 Å². The molecule has 0 aliphatic carbocycles. The minimum absolute atomic E-state index is 0.0730. The molecule has 0 spiro atoms. The Balaban J connectivity index is 1.41. The zero-order chi connectivity index (χ0) is 20.2. The molecule has 1 aliphatic heterocycles. The van der Waals surface area contributed by atoms with Crippen LogP contribution in [0.25, 0.3) is 0 Å². The van der Waals surface area contributed by atoms with Gasteiger partial charge in [0.05, 0.1) is 0 Å². The van der Waals surface area contributed by atoms with Crippen LogP contribution in [0, 0.1) is 13.8 Å². The van der Waals surface area contributed by atoms with E-state index in [4.69, 9.17) is 0 Å². The lowest BCUT2D eigenvalue weighted by Gasteiger charge is -2.35. The largest absolute Gasteiger partial charge is 0.353 e. The Hall–Kier alpha value is -3.48. The predicted molar refractivity (Wildman–Crippen MR) is 114 cm³/mol. The smallest absolute Gasteiger partial charge is 0.272 e. The highest BCUT2D eigenvalue weighted by Crippen LogP contribution is 2.19. The van der Waals surface area contributed by atoms with E-state index in [1.54, 1.807) is 12.3 Å². The quantitative estimate of drug-likeness (QED) is 0.740. The number of pyridine rings is 1. The fourth-order valence-electron chi connectivity index (χ4n) is 3.35. The second-order valence-electron chi connectivity index (χ2n) is 7.18. The van der Waals surface area contributed by atoms with Gasteiger partial charge in [0.1, 0.15) is 23.7 Å². The van der Waals surface area contributed by atoms with Crippen molar-refractivity contribution >= 4 is 23.2 Å². The van der Waals surface area contributed by atoms with Crippen molar-refractivity contribution in [2.24, 2.45) is 0 Å². The molecule has 2 aromatic heterocycles. The molecule has 1 amide bonds. The highest BCUT2D eigenvalue weighted by molar-refractivity contribution is 5.93. The van der Waals surface area contributed by atoms with Gasteiger partial charge in [-0.2, -0.15) is 0 Å². The van der Waals surface area contributed by atoms with Crippen molar-refractivity contribution in [1.82, 2.24) is 19.9 Å². The highest BCUT2D eigenvalue weighted by Gasteiger charge is 2.23. The maximum Gasteiger partial charge on any atom is 0.272 e. The summed E-state index contributed by atoms with van der Waals surface area (Å²) < 4.78 is 0. The first kappa shape index (κ1) is 18.9. The van der Waals surface area contributed by atoms with Gasteiger partial charge >= 0.3 is 0 Å². The molecule has 0 saturated carbocycles. The third-order valence-electron chi connectivity index (χ3n) is 5.21. The molecule has 0 bridgehead atoms. The Labute approximate surface area is 170 Å². The minimum atomic E-state index is -0.0730. The van der Waals surface area contributed by atoms with Gasteiger partial charge in [-0.3, -0.25) is 4.79 Å². The van der Waals surface area contributed by atoms with Crippen molar-refractivity contribution in [3.05, 3.63) is 71.8 Å². The Kier molecular flexibility index (Phi) is 5.37. The van der Waals surface area contributed by atoms with Crippen LogP contribution in [-0.2, 0) is 0 Å². The van der Waals surface area contributed by atoms with Gasteiger partial charge in [-0.15, -0.1) is 0 Å². The number of nitrogens with one attached hydrogen (secondary N) is 1. The van der Waals surface area contributed by atoms with Gasteiger partial charge in [-0.1, -0.05) is 12.1 Å². The van der Waals surface area contributed by atoms with E-state index < -0.39 is 0 Å². The first-order valence-corrected chi connectivity index (χ1v) is 9.72. The van der Waals surface area contributed by atoms with E-state index in [9.17, 15) is 4.79 Å². The molecule has 1 saturated heterocycles. The molecule has 1 aromatic carbocycles. The SMILES string of the molecule is Cc1ccc(Nc2cc(C(=O)N3CCN(c4ccccn4)CC3)ncn2)cc1C. The number of benzene rings is 1. The molecule has 0 unspecified atom stereocenters. The number of hydrogen-bond acceptors (Lipinski definition) is 6. The Morgan fingerprint density at radius 3 is 2.48 bits per heavy atom. The predicted octanol–water partition coefficient (Wildman–Crippen LogP) is 3.19. The highest BCUT2D eigenvalue weighted by atomic mass is 16.2. The number of nitrogens with zero attached hydrogens (tertiary/aromatic N) is 5. The number of aryl methyl sites for hydroxylation is 2. The van der Waals surface area contributed by atoms with Crippen LogP contribution in [0.5, 0.6) is 0 Å². The van der Waals surface area contributed by atoms with Crippen LogP contribution in [0.3, 0.4) is 0 Å². The summed E-state index contributed by atoms with van der Waals surface area (Å²) in [6.45, 7) is 6.93. The van der Waals surface area contributed by atoms with Crippen molar-refractivity contribution in [2.75, 3.05) is 36.4 Å². The topological polar surface area (TPSA) is 74.2 Å². The minimum Gasteiger partial charge on any atom is -0.353 e. The molecule has 148 valence electrons. The third kappa shape index (κ3) is 4.34. The molecule has 1 N–H and O–H groups in total. The van der Waals surface area contributed by atoms with E-state index in [-0.39, 0.29) is 5.91 Å². The average Bonchev–Trinajstić information content (AvgIpc) is 2.77. The van der Waals surface area contributed by atoms with Crippen LogP contribution in [0.15, 0.2) is 55.0 Å². The summed E-state index contributed by atoms with van der Waals surface area (Å²) in [4.78, 5) is 29.8. The molecule has 29 heavy (non-hydrogen) atoms. The molecule has 0 atom stereocenters. The number of carbonyl (C=O) groups is 1. The number of hydrogen-bond donors (Lipinski definition) is 1. The van der Waals surface area contributed by atoms with E-state index in [1.807, 2.05) is 29.2 Å². The van der Waals surface area contributed by atoms with Crippen LogP contribution >= 0.6 is 0 Å². The second kappa shape index (κ2) is 8.26. The van der Waals surface area contributed by atoms with Gasteiger partial charge in [0, 0.05) is 44.1 Å². The second-order valence-corrected chi connectivity index (χ2v) is 7.18. The van der Waals surface area contributed by atoms with Crippen molar-refractivity contribution < 1.29 is 4.79 Å². The molecular weight excluding hydrogens is 364 g/mol. The van der Waals surface area contributed by atoms with Crippen LogP contribution in [0.1, 0.15) is 21.6 Å². The van der Waals surface area contributed by atoms with Crippen LogP contribution in [-0.4, -0.2) is 51.9 Å². The van der Waals surface area contributed by atoms with Crippen LogP contribution in [0.2, 0.25) is 0 Å². The standard InChI is InChI=1S/C22H24N6O/c1-16-6-7-18(13-17(16)2)26-20-14-19(24-15-25-20)22(29)28-11-9-27(10-12-28)21-5-3-4-8-23-21/h3-8,13-15H,9-12H2,1-2H3,(H,24,25,26). The summed E-state index contributed by atoms with van der Waals surface area (Å²) in [5.74, 6) is 1.48. The number of amides is 1. The van der Waals surface area contributed by atoms with E-state index >= 15 is 0 Å². The molecule has 0 radical (unpaired) electrons. The molecule has 3 aromatic rings. The summed E-state index contributed by atoms with van der Waals surface area (Å²) in [7, 11) is 0. The fraction of sp³-hybridized carbons (Fsp3) is 0.273. The molecule has 1 aliphatic rings. The molecule has 4 rings (SSSR count). The zero-order valence-electron chi connectivity index (χ0n) is 16.7. The summed E-state index contributed by atoms with van der Waals surface area (Å²) in [5.41, 5.74) is 3.77. The van der Waals surface area contributed by atoms with Crippen molar-refractivity contribution in [3.63, 3.8) is 0 Å². The van der Waals surface area contributed by atoms with Crippen molar-refractivity contribution in [3.8, 4) is 0 Å². The molecular formula is C22H24N6O. The Morgan fingerprint density at radius 2 is 1.76 bits per heavy atom. The molecule has 3 heterocycles. The zero-order valence-corrected chi connectivity index (χ0v) is 16.7. The summed E-state index contributed by atoms with van der Waals surface area (Å²) in [6.07, 6.45) is 3.22. The number of carbonyl (C=O) groups excluding carboxylic acids is 1. The van der Waals surface area contributed by atoms with E-state index in [0.29, 0.717) is 24.6 Å². The molecule has 7 nitrogen and oxygen atoms in total. The van der Waals surface area contributed by atoms with Gasteiger partial charge in [0.25, 0.3) is 5.91 Å². The van der Waals surface area contributed by atoms with Gasteiger partial charge in [-0.05, 0) is 49.2 Å². The number of piperazine rings is 1. The summed E-state index contributed by atoms with van der Waals surface area (Å²) in [6, 6.07) is 13.7. The molecule has 1 fully saturated rings. The lowest BCUT2D eigenvalue weighted by Crippen LogP contribution is -2.49. The lowest BCUT2D eigenvalue weighted by atomic mass is 10.1. The van der Waals surface area contributed by atoms with Crippen molar-refractivity contribution in [1.29, 1.82) is 0 Å².